The van der Waals surface area contributed by atoms with E-state index in [2.05, 4.69) is 5.32 Å². The van der Waals surface area contributed by atoms with Crippen molar-refractivity contribution in [3.05, 3.63) is 54.1 Å². The van der Waals surface area contributed by atoms with Crippen molar-refractivity contribution < 1.29 is 29.0 Å². The highest BCUT2D eigenvalue weighted by Crippen LogP contribution is 2.22. The maximum Gasteiger partial charge on any atom is 0.338 e. The second-order valence-corrected chi connectivity index (χ2v) is 5.96. The van der Waals surface area contributed by atoms with E-state index in [1.807, 2.05) is 0 Å². The third kappa shape index (κ3) is 6.75. The minimum Gasteiger partial charge on any atom is -0.508 e. The van der Waals surface area contributed by atoms with Crippen LogP contribution in [-0.4, -0.2) is 42.7 Å². The van der Waals surface area contributed by atoms with Crippen molar-refractivity contribution in [3.63, 3.8) is 0 Å². The smallest absolute Gasteiger partial charge is 0.338 e. The molecule has 7 nitrogen and oxygen atoms in total. The van der Waals surface area contributed by atoms with E-state index in [1.165, 1.54) is 0 Å². The monoisotopic (exact) mass is 385 g/mol. The van der Waals surface area contributed by atoms with Crippen LogP contribution >= 0.6 is 0 Å². The highest BCUT2D eigenvalue weighted by molar-refractivity contribution is 5.91. The van der Waals surface area contributed by atoms with Gasteiger partial charge in [-0.2, -0.15) is 0 Å². The van der Waals surface area contributed by atoms with Crippen molar-refractivity contribution >= 4 is 17.8 Å². The average molecular weight is 385 g/mol. The van der Waals surface area contributed by atoms with Crippen molar-refractivity contribution in [1.82, 2.24) is 5.32 Å². The van der Waals surface area contributed by atoms with Gasteiger partial charge in [0.05, 0.1) is 12.2 Å². The van der Waals surface area contributed by atoms with Crippen molar-refractivity contribution in [3.8, 4) is 16.9 Å². The largest absolute Gasteiger partial charge is 0.508 e. The summed E-state index contributed by atoms with van der Waals surface area (Å²) in [6.45, 7) is 1.97. The lowest BCUT2D eigenvalue weighted by molar-refractivity contribution is -0.143. The predicted octanol–water partition coefficient (Wildman–Crippen LogP) is 2.68. The number of nitrogens with one attached hydrogen (secondary N) is 1. The van der Waals surface area contributed by atoms with Gasteiger partial charge in [0.1, 0.15) is 5.75 Å². The third-order valence-corrected chi connectivity index (χ3v) is 3.84. The van der Waals surface area contributed by atoms with Gasteiger partial charge in [0.15, 0.2) is 6.61 Å². The van der Waals surface area contributed by atoms with Gasteiger partial charge < -0.3 is 19.9 Å². The van der Waals surface area contributed by atoms with Gasteiger partial charge in [0.25, 0.3) is 5.91 Å². The van der Waals surface area contributed by atoms with Crippen LogP contribution in [0.15, 0.2) is 48.5 Å². The molecule has 0 bridgehead atoms. The third-order valence-electron chi connectivity index (χ3n) is 3.84. The van der Waals surface area contributed by atoms with Crippen LogP contribution in [0, 0.1) is 0 Å². The number of phenolic OH excluding ortho intramolecular Hbond substituents is 1. The van der Waals surface area contributed by atoms with Crippen LogP contribution in [0.4, 0.5) is 0 Å². The minimum atomic E-state index is -0.598. The van der Waals surface area contributed by atoms with E-state index in [4.69, 9.17) is 9.47 Å². The molecule has 0 saturated carbocycles. The quantitative estimate of drug-likeness (QED) is 0.508. The van der Waals surface area contributed by atoms with E-state index in [9.17, 15) is 19.5 Å². The number of rotatable bonds is 9. The molecular weight excluding hydrogens is 362 g/mol. The van der Waals surface area contributed by atoms with E-state index >= 15 is 0 Å². The first-order chi connectivity index (χ1) is 13.5. The molecular formula is C21H23NO6. The highest BCUT2D eigenvalue weighted by Gasteiger charge is 2.11. The Labute approximate surface area is 163 Å². The Balaban J connectivity index is 1.74. The topological polar surface area (TPSA) is 102 Å². The Morgan fingerprint density at radius 1 is 0.929 bits per heavy atom. The molecule has 0 unspecified atom stereocenters. The number of hydrogen-bond donors (Lipinski definition) is 2. The summed E-state index contributed by atoms with van der Waals surface area (Å²) in [5.74, 6) is -1.15. The molecule has 148 valence electrons. The number of amides is 1. The summed E-state index contributed by atoms with van der Waals surface area (Å²) in [7, 11) is 0. The molecule has 0 fully saturated rings. The van der Waals surface area contributed by atoms with E-state index in [-0.39, 0.29) is 18.1 Å². The second-order valence-electron chi connectivity index (χ2n) is 5.96. The van der Waals surface area contributed by atoms with Crippen LogP contribution in [-0.2, 0) is 19.1 Å². The lowest BCUT2D eigenvalue weighted by Crippen LogP contribution is -2.30. The lowest BCUT2D eigenvalue weighted by atomic mass is 10.0. The van der Waals surface area contributed by atoms with Crippen molar-refractivity contribution in [1.29, 1.82) is 0 Å². The molecule has 0 aliphatic rings. The standard InChI is InChI=1S/C21H23NO6/c1-2-27-20(25)4-3-13-22-19(24)14-28-21(26)17-7-5-15(6-8-17)16-9-11-18(23)12-10-16/h5-12,23H,2-4,13-14H2,1H3,(H,22,24). The molecule has 2 aromatic carbocycles. The Morgan fingerprint density at radius 3 is 2.14 bits per heavy atom. The molecule has 28 heavy (non-hydrogen) atoms. The number of benzene rings is 2. The number of carbonyl (C=O) groups excluding carboxylic acids is 3. The van der Waals surface area contributed by atoms with Gasteiger partial charge in [-0.1, -0.05) is 24.3 Å². The average Bonchev–Trinajstić information content (AvgIpc) is 2.70. The van der Waals surface area contributed by atoms with Gasteiger partial charge in [-0.15, -0.1) is 0 Å². The zero-order chi connectivity index (χ0) is 20.4. The summed E-state index contributed by atoms with van der Waals surface area (Å²) in [4.78, 5) is 34.9. The zero-order valence-electron chi connectivity index (χ0n) is 15.6. The lowest BCUT2D eigenvalue weighted by Gasteiger charge is -2.07. The predicted molar refractivity (Wildman–Crippen MR) is 103 cm³/mol. The minimum absolute atomic E-state index is 0.183. The van der Waals surface area contributed by atoms with Crippen molar-refractivity contribution in [2.75, 3.05) is 19.8 Å². The molecule has 0 aliphatic carbocycles. The van der Waals surface area contributed by atoms with Gasteiger partial charge in [-0.25, -0.2) is 4.79 Å². The van der Waals surface area contributed by atoms with Gasteiger partial charge in [-0.3, -0.25) is 9.59 Å². The molecule has 2 aromatic rings. The van der Waals surface area contributed by atoms with E-state index in [0.29, 0.717) is 25.1 Å². The van der Waals surface area contributed by atoms with Gasteiger partial charge in [0, 0.05) is 13.0 Å². The summed E-state index contributed by atoms with van der Waals surface area (Å²) in [6, 6.07) is 13.5. The molecule has 0 aromatic heterocycles. The van der Waals surface area contributed by atoms with Gasteiger partial charge in [0.2, 0.25) is 0 Å². The van der Waals surface area contributed by atoms with E-state index < -0.39 is 18.5 Å². The van der Waals surface area contributed by atoms with Crippen LogP contribution in [0.5, 0.6) is 5.75 Å². The van der Waals surface area contributed by atoms with E-state index in [0.717, 1.165) is 11.1 Å². The Morgan fingerprint density at radius 2 is 1.54 bits per heavy atom. The number of carbonyl (C=O) groups is 3. The van der Waals surface area contributed by atoms with Crippen LogP contribution in [0.2, 0.25) is 0 Å². The Kier molecular flexibility index (Phi) is 8.02. The normalized spacial score (nSPS) is 10.2. The molecule has 0 radical (unpaired) electrons. The zero-order valence-corrected chi connectivity index (χ0v) is 15.6. The number of aromatic hydroxyl groups is 1. The van der Waals surface area contributed by atoms with Gasteiger partial charge >= 0.3 is 11.9 Å². The SMILES string of the molecule is CCOC(=O)CCCNC(=O)COC(=O)c1ccc(-c2ccc(O)cc2)cc1. The summed E-state index contributed by atoms with van der Waals surface area (Å²) < 4.78 is 9.78. The van der Waals surface area contributed by atoms with Crippen LogP contribution in [0.1, 0.15) is 30.1 Å². The molecule has 0 saturated heterocycles. The summed E-state index contributed by atoms with van der Waals surface area (Å²) in [5.41, 5.74) is 2.12. The first-order valence-corrected chi connectivity index (χ1v) is 8.98. The number of hydrogen-bond acceptors (Lipinski definition) is 6. The fourth-order valence-corrected chi connectivity index (χ4v) is 2.41. The second kappa shape index (κ2) is 10.7. The maximum atomic E-state index is 12.0. The number of phenols is 1. The first kappa shape index (κ1) is 21.0. The molecule has 0 aliphatic heterocycles. The van der Waals surface area contributed by atoms with Gasteiger partial charge in [-0.05, 0) is 48.7 Å². The first-order valence-electron chi connectivity index (χ1n) is 8.98. The maximum absolute atomic E-state index is 12.0. The molecule has 1 amide bonds. The Bertz CT molecular complexity index is 799. The summed E-state index contributed by atoms with van der Waals surface area (Å²) in [5, 5.41) is 11.9. The van der Waals surface area contributed by atoms with E-state index in [1.54, 1.807) is 55.5 Å². The summed E-state index contributed by atoms with van der Waals surface area (Å²) >= 11 is 0. The number of esters is 2. The van der Waals surface area contributed by atoms with Crippen LogP contribution in [0.3, 0.4) is 0 Å². The fourth-order valence-electron chi connectivity index (χ4n) is 2.41. The van der Waals surface area contributed by atoms with Crippen LogP contribution < -0.4 is 5.32 Å². The Hall–Kier alpha value is -3.35. The molecule has 2 rings (SSSR count). The summed E-state index contributed by atoms with van der Waals surface area (Å²) in [6.07, 6.45) is 0.679. The molecule has 0 atom stereocenters. The highest BCUT2D eigenvalue weighted by atomic mass is 16.5. The van der Waals surface area contributed by atoms with Crippen LogP contribution in [0.25, 0.3) is 11.1 Å². The molecule has 2 N–H and O–H groups in total. The molecule has 0 spiro atoms. The van der Waals surface area contributed by atoms with Crippen molar-refractivity contribution in [2.24, 2.45) is 0 Å². The number of ether oxygens (including phenoxy) is 2. The fraction of sp³-hybridized carbons (Fsp3) is 0.286. The van der Waals surface area contributed by atoms with Crippen molar-refractivity contribution in [2.45, 2.75) is 19.8 Å². The molecule has 7 heteroatoms. The molecule has 0 heterocycles.